The SMILES string of the molecule is CCn1cnnc1CCNC(=O)C=Cc1cnc(N)nc1. The lowest BCUT2D eigenvalue weighted by molar-refractivity contribution is -0.116. The van der Waals surface area contributed by atoms with Gasteiger partial charge in [0, 0.05) is 43.5 Å². The first kappa shape index (κ1) is 14.6. The molecule has 0 saturated carbocycles. The van der Waals surface area contributed by atoms with Gasteiger partial charge in [-0.1, -0.05) is 0 Å². The van der Waals surface area contributed by atoms with Crippen molar-refractivity contribution in [2.45, 2.75) is 19.9 Å². The number of carbonyl (C=O) groups is 1. The Labute approximate surface area is 122 Å². The summed E-state index contributed by atoms with van der Waals surface area (Å²) >= 11 is 0. The Balaban J connectivity index is 1.78. The van der Waals surface area contributed by atoms with Gasteiger partial charge in [0.15, 0.2) is 0 Å². The van der Waals surface area contributed by atoms with Crippen molar-refractivity contribution in [2.75, 3.05) is 12.3 Å². The first-order valence-corrected chi connectivity index (χ1v) is 6.59. The van der Waals surface area contributed by atoms with Crippen molar-refractivity contribution in [3.05, 3.63) is 36.2 Å². The summed E-state index contributed by atoms with van der Waals surface area (Å²) in [5, 5.41) is 10.6. The Kier molecular flexibility index (Phi) is 4.97. The molecule has 21 heavy (non-hydrogen) atoms. The van der Waals surface area contributed by atoms with Gasteiger partial charge in [-0.3, -0.25) is 4.79 Å². The maximum atomic E-state index is 11.7. The topological polar surface area (TPSA) is 112 Å². The Morgan fingerprint density at radius 3 is 2.90 bits per heavy atom. The molecule has 0 aliphatic heterocycles. The summed E-state index contributed by atoms with van der Waals surface area (Å²) in [6.45, 7) is 3.33. The molecule has 0 spiro atoms. The molecule has 1 amide bonds. The minimum atomic E-state index is -0.186. The van der Waals surface area contributed by atoms with Crippen LogP contribution in [0.2, 0.25) is 0 Å². The van der Waals surface area contributed by atoms with Gasteiger partial charge in [0.2, 0.25) is 11.9 Å². The van der Waals surface area contributed by atoms with Crippen LogP contribution in [-0.2, 0) is 17.8 Å². The van der Waals surface area contributed by atoms with E-state index in [4.69, 9.17) is 5.73 Å². The number of aromatic nitrogens is 5. The zero-order valence-corrected chi connectivity index (χ0v) is 11.7. The molecular weight excluding hydrogens is 270 g/mol. The van der Waals surface area contributed by atoms with Crippen LogP contribution < -0.4 is 11.1 Å². The number of amides is 1. The predicted molar refractivity (Wildman–Crippen MR) is 77.9 cm³/mol. The molecule has 0 unspecified atom stereocenters. The number of hydrogen-bond donors (Lipinski definition) is 2. The zero-order chi connectivity index (χ0) is 15.1. The summed E-state index contributed by atoms with van der Waals surface area (Å²) in [5.74, 6) is 0.875. The summed E-state index contributed by atoms with van der Waals surface area (Å²) in [7, 11) is 0. The van der Waals surface area contributed by atoms with Crippen molar-refractivity contribution in [2.24, 2.45) is 0 Å². The molecule has 110 valence electrons. The van der Waals surface area contributed by atoms with Gasteiger partial charge in [-0.15, -0.1) is 10.2 Å². The second-order valence-electron chi connectivity index (χ2n) is 4.28. The van der Waals surface area contributed by atoms with E-state index in [9.17, 15) is 4.79 Å². The third kappa shape index (κ3) is 4.37. The molecule has 0 bridgehead atoms. The number of aryl methyl sites for hydroxylation is 1. The van der Waals surface area contributed by atoms with Gasteiger partial charge in [-0.25, -0.2) is 9.97 Å². The molecule has 0 aromatic carbocycles. The monoisotopic (exact) mass is 287 g/mol. The molecule has 0 fully saturated rings. The number of hydrogen-bond acceptors (Lipinski definition) is 6. The second kappa shape index (κ2) is 7.13. The van der Waals surface area contributed by atoms with Crippen molar-refractivity contribution in [1.29, 1.82) is 0 Å². The third-order valence-corrected chi connectivity index (χ3v) is 2.80. The van der Waals surface area contributed by atoms with Crippen molar-refractivity contribution < 1.29 is 4.79 Å². The van der Waals surface area contributed by atoms with Crippen LogP contribution >= 0.6 is 0 Å². The molecule has 0 aliphatic rings. The quantitative estimate of drug-likeness (QED) is 0.726. The van der Waals surface area contributed by atoms with E-state index < -0.39 is 0 Å². The second-order valence-corrected chi connectivity index (χ2v) is 4.28. The fourth-order valence-electron chi connectivity index (χ4n) is 1.70. The summed E-state index contributed by atoms with van der Waals surface area (Å²) in [6, 6.07) is 0. The van der Waals surface area contributed by atoms with Gasteiger partial charge in [-0.2, -0.15) is 0 Å². The average Bonchev–Trinajstić information content (AvgIpc) is 2.94. The number of rotatable bonds is 6. The molecule has 0 saturated heterocycles. The summed E-state index contributed by atoms with van der Waals surface area (Å²) in [5.41, 5.74) is 6.09. The van der Waals surface area contributed by atoms with Crippen LogP contribution in [0.3, 0.4) is 0 Å². The van der Waals surface area contributed by atoms with Crippen molar-refractivity contribution in [3.8, 4) is 0 Å². The van der Waals surface area contributed by atoms with Gasteiger partial charge in [0.05, 0.1) is 0 Å². The smallest absolute Gasteiger partial charge is 0.244 e. The Morgan fingerprint density at radius 2 is 2.19 bits per heavy atom. The zero-order valence-electron chi connectivity index (χ0n) is 11.7. The Bertz CT molecular complexity index is 618. The third-order valence-electron chi connectivity index (χ3n) is 2.80. The van der Waals surface area contributed by atoms with Crippen molar-refractivity contribution in [1.82, 2.24) is 30.0 Å². The van der Waals surface area contributed by atoms with Crippen LogP contribution in [0.25, 0.3) is 6.08 Å². The Morgan fingerprint density at radius 1 is 1.43 bits per heavy atom. The molecule has 8 heteroatoms. The van der Waals surface area contributed by atoms with Crippen LogP contribution in [-0.4, -0.2) is 37.2 Å². The summed E-state index contributed by atoms with van der Waals surface area (Å²) < 4.78 is 1.94. The molecular formula is C13H17N7O. The van der Waals surface area contributed by atoms with Crippen molar-refractivity contribution >= 4 is 17.9 Å². The van der Waals surface area contributed by atoms with Crippen molar-refractivity contribution in [3.63, 3.8) is 0 Å². The molecule has 2 heterocycles. The molecule has 0 radical (unpaired) electrons. The van der Waals surface area contributed by atoms with E-state index >= 15 is 0 Å². The highest BCUT2D eigenvalue weighted by atomic mass is 16.1. The van der Waals surface area contributed by atoms with E-state index in [1.54, 1.807) is 24.8 Å². The summed E-state index contributed by atoms with van der Waals surface area (Å²) in [6.07, 6.45) is 8.48. The fourth-order valence-corrected chi connectivity index (χ4v) is 1.70. The van der Waals surface area contributed by atoms with E-state index in [1.807, 2.05) is 11.5 Å². The van der Waals surface area contributed by atoms with Crippen LogP contribution in [0.5, 0.6) is 0 Å². The standard InChI is InChI=1S/C13H17N7O/c1-2-20-9-18-19-11(20)5-6-15-12(21)4-3-10-7-16-13(14)17-8-10/h3-4,7-9H,2,5-6H2,1H3,(H,15,21)(H2,14,16,17). The maximum Gasteiger partial charge on any atom is 0.244 e. The number of nitrogen functional groups attached to an aromatic ring is 1. The number of carbonyl (C=O) groups excluding carboxylic acids is 1. The molecule has 2 aromatic rings. The number of anilines is 1. The molecule has 8 nitrogen and oxygen atoms in total. The lowest BCUT2D eigenvalue weighted by atomic mass is 10.3. The average molecular weight is 287 g/mol. The lowest BCUT2D eigenvalue weighted by Crippen LogP contribution is -2.24. The highest BCUT2D eigenvalue weighted by Gasteiger charge is 2.03. The maximum absolute atomic E-state index is 11.7. The van der Waals surface area contributed by atoms with Gasteiger partial charge in [0.1, 0.15) is 12.2 Å². The Hall–Kier alpha value is -2.77. The molecule has 2 rings (SSSR count). The first-order chi connectivity index (χ1) is 10.2. The minimum Gasteiger partial charge on any atom is -0.368 e. The van der Waals surface area contributed by atoms with E-state index in [0.717, 1.165) is 12.4 Å². The largest absolute Gasteiger partial charge is 0.368 e. The van der Waals surface area contributed by atoms with Crippen LogP contribution in [0.15, 0.2) is 24.8 Å². The highest BCUT2D eigenvalue weighted by molar-refractivity contribution is 5.91. The lowest BCUT2D eigenvalue weighted by Gasteiger charge is -2.03. The predicted octanol–water partition coefficient (Wildman–Crippen LogP) is 0.0423. The summed E-state index contributed by atoms with van der Waals surface area (Å²) in [4.78, 5) is 19.3. The molecule has 3 N–H and O–H groups in total. The van der Waals surface area contributed by atoms with Crippen LogP contribution in [0, 0.1) is 0 Å². The van der Waals surface area contributed by atoms with Gasteiger partial charge in [0.25, 0.3) is 0 Å². The number of nitrogens with zero attached hydrogens (tertiary/aromatic N) is 5. The molecule has 0 atom stereocenters. The minimum absolute atomic E-state index is 0.186. The number of nitrogens with two attached hydrogens (primary N) is 1. The number of nitrogens with one attached hydrogen (secondary N) is 1. The highest BCUT2D eigenvalue weighted by Crippen LogP contribution is 1.99. The fraction of sp³-hybridized carbons (Fsp3) is 0.308. The van der Waals surface area contributed by atoms with Gasteiger partial charge >= 0.3 is 0 Å². The van der Waals surface area contributed by atoms with Crippen LogP contribution in [0.4, 0.5) is 5.95 Å². The first-order valence-electron chi connectivity index (χ1n) is 6.59. The van der Waals surface area contributed by atoms with Gasteiger partial charge in [-0.05, 0) is 13.0 Å². The molecule has 2 aromatic heterocycles. The van der Waals surface area contributed by atoms with E-state index in [2.05, 4.69) is 25.5 Å². The van der Waals surface area contributed by atoms with E-state index in [-0.39, 0.29) is 11.9 Å². The molecule has 0 aliphatic carbocycles. The van der Waals surface area contributed by atoms with Gasteiger partial charge < -0.3 is 15.6 Å². The van der Waals surface area contributed by atoms with E-state index in [0.29, 0.717) is 18.5 Å². The van der Waals surface area contributed by atoms with E-state index in [1.165, 1.54) is 6.08 Å². The normalized spacial score (nSPS) is 10.9. The van der Waals surface area contributed by atoms with Crippen LogP contribution in [0.1, 0.15) is 18.3 Å².